The molecule has 22 heavy (non-hydrogen) atoms. The van der Waals surface area contributed by atoms with Gasteiger partial charge in [-0.2, -0.15) is 0 Å². The van der Waals surface area contributed by atoms with Crippen LogP contribution in [-0.2, 0) is 17.6 Å². The van der Waals surface area contributed by atoms with Crippen molar-refractivity contribution >= 4 is 5.97 Å². The van der Waals surface area contributed by atoms with E-state index in [1.807, 2.05) is 37.3 Å². The number of carbonyl (C=O) groups is 1. The van der Waals surface area contributed by atoms with E-state index in [0.29, 0.717) is 25.0 Å². The van der Waals surface area contributed by atoms with Gasteiger partial charge in [0.1, 0.15) is 0 Å². The van der Waals surface area contributed by atoms with Crippen molar-refractivity contribution in [2.45, 2.75) is 32.8 Å². The molecule has 116 valence electrons. The molecular formula is C18H21NO3. The maximum atomic E-state index is 11.8. The number of nitrogens with zero attached hydrogens (tertiary/aromatic N) is 1. The van der Waals surface area contributed by atoms with Crippen molar-refractivity contribution in [1.82, 2.24) is 4.98 Å². The smallest absolute Gasteiger partial charge is 0.338 e. The summed E-state index contributed by atoms with van der Waals surface area (Å²) in [5, 5.41) is 10.2. The van der Waals surface area contributed by atoms with Crippen LogP contribution in [0.25, 0.3) is 0 Å². The summed E-state index contributed by atoms with van der Waals surface area (Å²) in [6, 6.07) is 11.2. The lowest BCUT2D eigenvalue weighted by Crippen LogP contribution is -2.15. The number of rotatable bonds is 6. The number of benzene rings is 1. The van der Waals surface area contributed by atoms with Crippen LogP contribution in [0.4, 0.5) is 0 Å². The monoisotopic (exact) mass is 299 g/mol. The zero-order valence-electron chi connectivity index (χ0n) is 13.0. The van der Waals surface area contributed by atoms with Crippen LogP contribution >= 0.6 is 0 Å². The summed E-state index contributed by atoms with van der Waals surface area (Å²) in [4.78, 5) is 16.0. The summed E-state index contributed by atoms with van der Waals surface area (Å²) in [6.07, 6.45) is 2.27. The number of ether oxygens (including phenoxy) is 1. The Morgan fingerprint density at radius 3 is 2.73 bits per heavy atom. The molecule has 4 nitrogen and oxygen atoms in total. The first-order valence-corrected chi connectivity index (χ1v) is 7.44. The third-order valence-corrected chi connectivity index (χ3v) is 3.43. The lowest BCUT2D eigenvalue weighted by Gasteiger charge is -2.12. The van der Waals surface area contributed by atoms with Crippen LogP contribution in [0.1, 0.15) is 34.1 Å². The van der Waals surface area contributed by atoms with Gasteiger partial charge in [-0.25, -0.2) is 4.79 Å². The van der Waals surface area contributed by atoms with Gasteiger partial charge in [-0.1, -0.05) is 18.2 Å². The number of esters is 1. The molecule has 0 radical (unpaired) electrons. The molecule has 1 aromatic heterocycles. The van der Waals surface area contributed by atoms with E-state index in [1.165, 1.54) is 0 Å². The Balaban J connectivity index is 2.01. The fourth-order valence-corrected chi connectivity index (χ4v) is 2.40. The molecule has 1 atom stereocenters. The van der Waals surface area contributed by atoms with Crippen LogP contribution in [0.15, 0.2) is 42.6 Å². The molecule has 2 rings (SSSR count). The molecule has 0 spiro atoms. The van der Waals surface area contributed by atoms with Gasteiger partial charge in [-0.15, -0.1) is 0 Å². The van der Waals surface area contributed by atoms with E-state index in [0.717, 1.165) is 16.8 Å². The zero-order valence-corrected chi connectivity index (χ0v) is 13.0. The van der Waals surface area contributed by atoms with Crippen molar-refractivity contribution < 1.29 is 14.6 Å². The van der Waals surface area contributed by atoms with Crippen LogP contribution in [0.2, 0.25) is 0 Å². The predicted octanol–water partition coefficient (Wildman–Crippen LogP) is 2.71. The molecule has 0 aliphatic heterocycles. The van der Waals surface area contributed by atoms with Gasteiger partial charge in [0.2, 0.25) is 0 Å². The van der Waals surface area contributed by atoms with E-state index in [-0.39, 0.29) is 5.97 Å². The fourth-order valence-electron chi connectivity index (χ4n) is 2.40. The van der Waals surface area contributed by atoms with Gasteiger partial charge >= 0.3 is 5.97 Å². The molecule has 1 aromatic carbocycles. The first-order valence-electron chi connectivity index (χ1n) is 7.44. The quantitative estimate of drug-likeness (QED) is 0.833. The molecular weight excluding hydrogens is 278 g/mol. The topological polar surface area (TPSA) is 59.4 Å². The first-order chi connectivity index (χ1) is 10.6. The van der Waals surface area contributed by atoms with Crippen LogP contribution in [0.5, 0.6) is 0 Å². The molecule has 0 fully saturated rings. The Hall–Kier alpha value is -2.20. The van der Waals surface area contributed by atoms with Crippen molar-refractivity contribution in [1.29, 1.82) is 0 Å². The van der Waals surface area contributed by atoms with Crippen molar-refractivity contribution in [3.8, 4) is 0 Å². The Bertz CT molecular complexity index is 625. The molecule has 4 heteroatoms. The Morgan fingerprint density at radius 2 is 2.09 bits per heavy atom. The molecule has 0 amide bonds. The number of aliphatic hydroxyl groups is 1. The van der Waals surface area contributed by atoms with Crippen LogP contribution in [0, 0.1) is 6.92 Å². The van der Waals surface area contributed by atoms with E-state index >= 15 is 0 Å². The average molecular weight is 299 g/mol. The Kier molecular flexibility index (Phi) is 5.67. The van der Waals surface area contributed by atoms with Crippen molar-refractivity contribution in [3.05, 3.63) is 65.0 Å². The molecule has 0 saturated heterocycles. The second-order valence-corrected chi connectivity index (χ2v) is 5.25. The molecule has 1 heterocycles. The summed E-state index contributed by atoms with van der Waals surface area (Å²) < 4.78 is 5.01. The second-order valence-electron chi connectivity index (χ2n) is 5.25. The summed E-state index contributed by atoms with van der Waals surface area (Å²) in [5.41, 5.74) is 3.30. The van der Waals surface area contributed by atoms with Crippen molar-refractivity contribution in [2.75, 3.05) is 6.61 Å². The standard InChI is InChI=1S/C18H21NO3/c1-3-22-18(21)17-8-7-14(10-13(17)2)11-16(20)12-15-6-4-5-9-19-15/h4-10,16,20H,3,11-12H2,1-2H3. The third kappa shape index (κ3) is 4.40. The van der Waals surface area contributed by atoms with Gasteiger partial charge in [0.15, 0.2) is 0 Å². The highest BCUT2D eigenvalue weighted by Gasteiger charge is 2.12. The van der Waals surface area contributed by atoms with Crippen molar-refractivity contribution in [2.24, 2.45) is 0 Å². The summed E-state index contributed by atoms with van der Waals surface area (Å²) in [6.45, 7) is 4.03. The number of aromatic nitrogens is 1. The molecule has 0 bridgehead atoms. The lowest BCUT2D eigenvalue weighted by atomic mass is 9.99. The normalized spacial score (nSPS) is 12.0. The van der Waals surface area contributed by atoms with Gasteiger partial charge in [0.25, 0.3) is 0 Å². The molecule has 2 aromatic rings. The largest absolute Gasteiger partial charge is 0.462 e. The van der Waals surface area contributed by atoms with Crippen LogP contribution < -0.4 is 0 Å². The van der Waals surface area contributed by atoms with Gasteiger partial charge in [0, 0.05) is 18.3 Å². The van der Waals surface area contributed by atoms with E-state index in [2.05, 4.69) is 4.98 Å². The van der Waals surface area contributed by atoms with E-state index in [1.54, 1.807) is 19.2 Å². The number of carbonyl (C=O) groups excluding carboxylic acids is 1. The molecule has 0 saturated carbocycles. The Morgan fingerprint density at radius 1 is 1.27 bits per heavy atom. The Labute approximate surface area is 130 Å². The minimum absolute atomic E-state index is 0.305. The van der Waals surface area contributed by atoms with E-state index in [9.17, 15) is 9.90 Å². The van der Waals surface area contributed by atoms with Gasteiger partial charge < -0.3 is 9.84 Å². The summed E-state index contributed by atoms with van der Waals surface area (Å²) in [5.74, 6) is -0.305. The lowest BCUT2D eigenvalue weighted by molar-refractivity contribution is 0.0525. The fraction of sp³-hybridized carbons (Fsp3) is 0.333. The second kappa shape index (κ2) is 7.71. The highest BCUT2D eigenvalue weighted by Crippen LogP contribution is 2.15. The molecule has 1 unspecified atom stereocenters. The van der Waals surface area contributed by atoms with E-state index < -0.39 is 6.10 Å². The van der Waals surface area contributed by atoms with Crippen LogP contribution in [0.3, 0.4) is 0 Å². The number of pyridine rings is 1. The minimum Gasteiger partial charge on any atom is -0.462 e. The number of aliphatic hydroxyl groups excluding tert-OH is 1. The highest BCUT2D eigenvalue weighted by atomic mass is 16.5. The van der Waals surface area contributed by atoms with Crippen LogP contribution in [-0.4, -0.2) is 28.8 Å². The third-order valence-electron chi connectivity index (χ3n) is 3.43. The maximum Gasteiger partial charge on any atom is 0.338 e. The average Bonchev–Trinajstić information content (AvgIpc) is 2.48. The number of aryl methyl sites for hydroxylation is 1. The SMILES string of the molecule is CCOC(=O)c1ccc(CC(O)Cc2ccccn2)cc1C. The highest BCUT2D eigenvalue weighted by molar-refractivity contribution is 5.91. The van der Waals surface area contributed by atoms with Gasteiger partial charge in [0.05, 0.1) is 18.3 Å². The summed E-state index contributed by atoms with van der Waals surface area (Å²) >= 11 is 0. The maximum absolute atomic E-state index is 11.8. The first kappa shape index (κ1) is 16.2. The molecule has 1 N–H and O–H groups in total. The zero-order chi connectivity index (χ0) is 15.9. The van der Waals surface area contributed by atoms with Gasteiger partial charge in [-0.3, -0.25) is 4.98 Å². The van der Waals surface area contributed by atoms with Crippen molar-refractivity contribution in [3.63, 3.8) is 0 Å². The molecule has 0 aliphatic rings. The predicted molar refractivity (Wildman–Crippen MR) is 84.8 cm³/mol. The molecule has 0 aliphatic carbocycles. The number of hydrogen-bond acceptors (Lipinski definition) is 4. The minimum atomic E-state index is -0.497. The number of hydrogen-bond donors (Lipinski definition) is 1. The van der Waals surface area contributed by atoms with E-state index in [4.69, 9.17) is 4.74 Å². The summed E-state index contributed by atoms with van der Waals surface area (Å²) in [7, 11) is 0. The van der Waals surface area contributed by atoms with Gasteiger partial charge in [-0.05, 0) is 49.6 Å².